The molecule has 2 N–H and O–H groups in total. The van der Waals surface area contributed by atoms with Crippen LogP contribution in [0.5, 0.6) is 5.75 Å². The van der Waals surface area contributed by atoms with E-state index in [0.29, 0.717) is 13.2 Å². The monoisotopic (exact) mass is 223 g/mol. The molecule has 1 atom stereocenters. The van der Waals surface area contributed by atoms with Crippen molar-refractivity contribution < 1.29 is 9.47 Å². The lowest BCUT2D eigenvalue weighted by molar-refractivity contribution is 0.109. The van der Waals surface area contributed by atoms with Gasteiger partial charge in [0.15, 0.2) is 0 Å². The standard InChI is InChI=1S/C13H21NO2/c1-4-11-5-6-13(15-3)12(7-11)9-16-8-10(2)14/h5-7,10H,4,8-9,14H2,1-3H3. The van der Waals surface area contributed by atoms with Crippen LogP contribution < -0.4 is 10.5 Å². The maximum atomic E-state index is 5.63. The number of hydrogen-bond donors (Lipinski definition) is 1. The first-order valence-electron chi connectivity index (χ1n) is 5.66. The summed E-state index contributed by atoms with van der Waals surface area (Å²) in [5.41, 5.74) is 8.00. The number of aryl methyl sites for hydroxylation is 1. The Morgan fingerprint density at radius 3 is 2.69 bits per heavy atom. The Hall–Kier alpha value is -1.06. The zero-order valence-corrected chi connectivity index (χ0v) is 10.3. The van der Waals surface area contributed by atoms with Gasteiger partial charge in [0.25, 0.3) is 0 Å². The van der Waals surface area contributed by atoms with Crippen molar-refractivity contribution in [2.45, 2.75) is 32.9 Å². The van der Waals surface area contributed by atoms with Gasteiger partial charge in [0.2, 0.25) is 0 Å². The molecule has 0 fully saturated rings. The fourth-order valence-corrected chi connectivity index (χ4v) is 1.52. The number of nitrogens with two attached hydrogens (primary N) is 1. The van der Waals surface area contributed by atoms with E-state index in [-0.39, 0.29) is 6.04 Å². The minimum absolute atomic E-state index is 0.0698. The van der Waals surface area contributed by atoms with Crippen LogP contribution in [-0.4, -0.2) is 19.8 Å². The second-order valence-electron chi connectivity index (χ2n) is 3.99. The number of rotatable bonds is 6. The smallest absolute Gasteiger partial charge is 0.124 e. The quantitative estimate of drug-likeness (QED) is 0.803. The Morgan fingerprint density at radius 2 is 2.12 bits per heavy atom. The van der Waals surface area contributed by atoms with Crippen LogP contribution in [-0.2, 0) is 17.8 Å². The van der Waals surface area contributed by atoms with Gasteiger partial charge in [-0.25, -0.2) is 0 Å². The lowest BCUT2D eigenvalue weighted by atomic mass is 10.1. The van der Waals surface area contributed by atoms with Gasteiger partial charge < -0.3 is 15.2 Å². The van der Waals surface area contributed by atoms with E-state index >= 15 is 0 Å². The Morgan fingerprint density at radius 1 is 1.38 bits per heavy atom. The lowest BCUT2D eigenvalue weighted by Crippen LogP contribution is -2.21. The van der Waals surface area contributed by atoms with Crippen molar-refractivity contribution in [1.82, 2.24) is 0 Å². The van der Waals surface area contributed by atoms with E-state index < -0.39 is 0 Å². The van der Waals surface area contributed by atoms with E-state index in [9.17, 15) is 0 Å². The first kappa shape index (κ1) is 13.0. The average molecular weight is 223 g/mol. The number of benzene rings is 1. The molecule has 0 amide bonds. The zero-order chi connectivity index (χ0) is 12.0. The van der Waals surface area contributed by atoms with E-state index in [2.05, 4.69) is 19.1 Å². The summed E-state index contributed by atoms with van der Waals surface area (Å²) in [6, 6.07) is 6.26. The largest absolute Gasteiger partial charge is 0.496 e. The molecule has 0 radical (unpaired) electrons. The molecule has 0 aliphatic carbocycles. The summed E-state index contributed by atoms with van der Waals surface area (Å²) in [5.74, 6) is 0.877. The van der Waals surface area contributed by atoms with Crippen LogP contribution in [0.2, 0.25) is 0 Å². The molecule has 0 saturated heterocycles. The van der Waals surface area contributed by atoms with Gasteiger partial charge in [-0.05, 0) is 31.0 Å². The number of ether oxygens (including phenoxy) is 2. The third-order valence-electron chi connectivity index (χ3n) is 2.39. The van der Waals surface area contributed by atoms with E-state index in [1.165, 1.54) is 5.56 Å². The van der Waals surface area contributed by atoms with Crippen molar-refractivity contribution in [2.24, 2.45) is 5.73 Å². The van der Waals surface area contributed by atoms with Crippen LogP contribution in [0.15, 0.2) is 18.2 Å². The van der Waals surface area contributed by atoms with Crippen molar-refractivity contribution in [2.75, 3.05) is 13.7 Å². The lowest BCUT2D eigenvalue weighted by Gasteiger charge is -2.12. The molecule has 0 bridgehead atoms. The molecule has 1 aromatic rings. The van der Waals surface area contributed by atoms with Crippen LogP contribution in [0.25, 0.3) is 0 Å². The Balaban J connectivity index is 2.67. The number of hydrogen-bond acceptors (Lipinski definition) is 3. The maximum absolute atomic E-state index is 5.63. The number of methoxy groups -OCH3 is 1. The van der Waals surface area contributed by atoms with Crippen molar-refractivity contribution in [3.63, 3.8) is 0 Å². The molecule has 0 heterocycles. The van der Waals surface area contributed by atoms with Gasteiger partial charge >= 0.3 is 0 Å². The fraction of sp³-hybridized carbons (Fsp3) is 0.538. The highest BCUT2D eigenvalue weighted by atomic mass is 16.5. The summed E-state index contributed by atoms with van der Waals surface area (Å²) in [6.45, 7) is 5.19. The summed E-state index contributed by atoms with van der Waals surface area (Å²) in [5, 5.41) is 0. The fourth-order valence-electron chi connectivity index (χ4n) is 1.52. The molecule has 1 rings (SSSR count). The van der Waals surface area contributed by atoms with Crippen LogP contribution in [0.3, 0.4) is 0 Å². The Bertz CT molecular complexity index is 324. The van der Waals surface area contributed by atoms with E-state index in [1.807, 2.05) is 13.0 Å². The van der Waals surface area contributed by atoms with Crippen molar-refractivity contribution in [3.8, 4) is 5.75 Å². The Labute approximate surface area is 97.6 Å². The van der Waals surface area contributed by atoms with Crippen molar-refractivity contribution in [1.29, 1.82) is 0 Å². The third kappa shape index (κ3) is 3.83. The second-order valence-corrected chi connectivity index (χ2v) is 3.99. The van der Waals surface area contributed by atoms with Crippen LogP contribution in [0, 0.1) is 0 Å². The molecule has 0 aliphatic heterocycles. The van der Waals surface area contributed by atoms with E-state index in [4.69, 9.17) is 15.2 Å². The molecule has 3 nitrogen and oxygen atoms in total. The summed E-state index contributed by atoms with van der Waals surface area (Å²) in [7, 11) is 1.68. The van der Waals surface area contributed by atoms with Gasteiger partial charge in [0.05, 0.1) is 20.3 Å². The first-order chi connectivity index (χ1) is 7.67. The summed E-state index contributed by atoms with van der Waals surface area (Å²) < 4.78 is 10.8. The summed E-state index contributed by atoms with van der Waals surface area (Å²) in [4.78, 5) is 0. The minimum atomic E-state index is 0.0698. The predicted octanol–water partition coefficient (Wildman–Crippen LogP) is 2.12. The van der Waals surface area contributed by atoms with Gasteiger partial charge in [-0.1, -0.05) is 13.0 Å². The molecule has 0 spiro atoms. The summed E-state index contributed by atoms with van der Waals surface area (Å²) in [6.07, 6.45) is 1.02. The third-order valence-corrected chi connectivity index (χ3v) is 2.39. The zero-order valence-electron chi connectivity index (χ0n) is 10.3. The van der Waals surface area contributed by atoms with Gasteiger partial charge in [-0.15, -0.1) is 0 Å². The maximum Gasteiger partial charge on any atom is 0.124 e. The topological polar surface area (TPSA) is 44.5 Å². The van der Waals surface area contributed by atoms with Gasteiger partial charge in [-0.2, -0.15) is 0 Å². The molecular formula is C13H21NO2. The second kappa shape index (κ2) is 6.51. The average Bonchev–Trinajstić information content (AvgIpc) is 2.28. The van der Waals surface area contributed by atoms with Gasteiger partial charge in [0.1, 0.15) is 5.75 Å². The highest BCUT2D eigenvalue weighted by Gasteiger charge is 2.04. The molecular weight excluding hydrogens is 202 g/mol. The van der Waals surface area contributed by atoms with Crippen LogP contribution >= 0.6 is 0 Å². The SMILES string of the molecule is CCc1ccc(OC)c(COCC(C)N)c1. The van der Waals surface area contributed by atoms with Crippen LogP contribution in [0.4, 0.5) is 0 Å². The van der Waals surface area contributed by atoms with Gasteiger partial charge in [-0.3, -0.25) is 0 Å². The highest BCUT2D eigenvalue weighted by molar-refractivity contribution is 5.36. The molecule has 90 valence electrons. The predicted molar refractivity (Wildman–Crippen MR) is 65.7 cm³/mol. The van der Waals surface area contributed by atoms with Crippen molar-refractivity contribution >= 4 is 0 Å². The molecule has 0 aromatic heterocycles. The van der Waals surface area contributed by atoms with Crippen molar-refractivity contribution in [3.05, 3.63) is 29.3 Å². The molecule has 16 heavy (non-hydrogen) atoms. The first-order valence-corrected chi connectivity index (χ1v) is 5.66. The molecule has 0 saturated carbocycles. The molecule has 3 heteroatoms. The highest BCUT2D eigenvalue weighted by Crippen LogP contribution is 2.21. The molecule has 0 aliphatic rings. The van der Waals surface area contributed by atoms with E-state index in [1.54, 1.807) is 7.11 Å². The Kier molecular flexibility index (Phi) is 5.29. The molecule has 1 unspecified atom stereocenters. The van der Waals surface area contributed by atoms with E-state index in [0.717, 1.165) is 17.7 Å². The normalized spacial score (nSPS) is 12.5. The summed E-state index contributed by atoms with van der Waals surface area (Å²) >= 11 is 0. The molecule has 1 aromatic carbocycles. The van der Waals surface area contributed by atoms with Gasteiger partial charge in [0, 0.05) is 11.6 Å². The minimum Gasteiger partial charge on any atom is -0.496 e. The van der Waals surface area contributed by atoms with Crippen LogP contribution in [0.1, 0.15) is 25.0 Å².